The summed E-state index contributed by atoms with van der Waals surface area (Å²) in [6.07, 6.45) is -0.0129. The molecule has 1 aliphatic rings. The molecule has 1 atom stereocenters. The number of carbonyl (C=O) groups is 2. The lowest BCUT2D eigenvalue weighted by atomic mass is 10.0. The first kappa shape index (κ1) is 20.9. The van der Waals surface area contributed by atoms with Crippen molar-refractivity contribution in [1.29, 1.82) is 0 Å². The lowest BCUT2D eigenvalue weighted by Crippen LogP contribution is -2.32. The predicted molar refractivity (Wildman–Crippen MR) is 117 cm³/mol. The van der Waals surface area contributed by atoms with E-state index in [1.165, 1.54) is 19.2 Å². The number of carbonyl (C=O) groups excluding carboxylic acids is 2. The number of halogens is 2. The molecule has 7 heteroatoms. The van der Waals surface area contributed by atoms with Crippen molar-refractivity contribution in [2.75, 3.05) is 12.4 Å². The molecule has 0 saturated heterocycles. The number of ether oxygens (including phenoxy) is 1. The van der Waals surface area contributed by atoms with E-state index in [9.17, 15) is 14.0 Å². The third kappa shape index (κ3) is 4.39. The Bertz CT molecular complexity index is 1130. The first-order valence-corrected chi connectivity index (χ1v) is 10.1. The minimum absolute atomic E-state index is 0.0129. The Kier molecular flexibility index (Phi) is 5.91. The molecule has 0 saturated carbocycles. The van der Waals surface area contributed by atoms with Gasteiger partial charge in [-0.1, -0.05) is 41.9 Å². The molecular formula is C24H20ClFN2O3. The third-order valence-corrected chi connectivity index (χ3v) is 5.53. The molecule has 0 spiro atoms. The number of methoxy groups -OCH3 is 1. The topological polar surface area (TPSA) is 58.6 Å². The van der Waals surface area contributed by atoms with Crippen molar-refractivity contribution in [2.24, 2.45) is 0 Å². The predicted octanol–water partition coefficient (Wildman–Crippen LogP) is 5.21. The first-order chi connectivity index (χ1) is 15.0. The highest BCUT2D eigenvalue weighted by Crippen LogP contribution is 2.34. The summed E-state index contributed by atoms with van der Waals surface area (Å²) in [5, 5.41) is 3.27. The number of benzene rings is 3. The molecule has 3 aromatic rings. The monoisotopic (exact) mass is 438 g/mol. The summed E-state index contributed by atoms with van der Waals surface area (Å²) >= 11 is 6.05. The van der Waals surface area contributed by atoms with Crippen LogP contribution in [0.15, 0.2) is 66.7 Å². The van der Waals surface area contributed by atoms with E-state index >= 15 is 0 Å². The number of nitrogens with one attached hydrogen (secondary N) is 1. The Morgan fingerprint density at radius 2 is 1.90 bits per heavy atom. The Hall–Kier alpha value is -3.38. The van der Waals surface area contributed by atoms with E-state index in [1.54, 1.807) is 41.3 Å². The average Bonchev–Trinajstić information content (AvgIpc) is 3.09. The molecule has 1 N–H and O–H groups in total. The van der Waals surface area contributed by atoms with E-state index in [-0.39, 0.29) is 24.1 Å². The number of hydrogen-bond donors (Lipinski definition) is 1. The van der Waals surface area contributed by atoms with Crippen molar-refractivity contribution in [3.05, 3.63) is 94.3 Å². The van der Waals surface area contributed by atoms with Gasteiger partial charge in [0.05, 0.1) is 25.3 Å². The highest BCUT2D eigenvalue weighted by Gasteiger charge is 2.34. The summed E-state index contributed by atoms with van der Waals surface area (Å²) in [6, 6.07) is 17.6. The van der Waals surface area contributed by atoms with E-state index in [4.69, 9.17) is 16.3 Å². The fourth-order valence-electron chi connectivity index (χ4n) is 3.78. The molecule has 0 aliphatic carbocycles. The van der Waals surface area contributed by atoms with Gasteiger partial charge in [0.1, 0.15) is 11.6 Å². The van der Waals surface area contributed by atoms with Gasteiger partial charge in [-0.15, -0.1) is 0 Å². The van der Waals surface area contributed by atoms with E-state index in [2.05, 4.69) is 5.32 Å². The molecule has 2 amide bonds. The summed E-state index contributed by atoms with van der Waals surface area (Å²) < 4.78 is 18.8. The van der Waals surface area contributed by atoms with Crippen molar-refractivity contribution in [3.8, 4) is 5.75 Å². The van der Waals surface area contributed by atoms with E-state index in [1.807, 2.05) is 18.2 Å². The largest absolute Gasteiger partial charge is 0.495 e. The zero-order chi connectivity index (χ0) is 22.0. The number of fused-ring (bicyclic) bond motifs is 1. The normalized spacial score (nSPS) is 13.6. The molecule has 5 nitrogen and oxygen atoms in total. The zero-order valence-corrected chi connectivity index (χ0v) is 17.5. The summed E-state index contributed by atoms with van der Waals surface area (Å²) in [7, 11) is 1.50. The third-order valence-electron chi connectivity index (χ3n) is 5.29. The molecule has 158 valence electrons. The van der Waals surface area contributed by atoms with Gasteiger partial charge in [0.15, 0.2) is 0 Å². The minimum Gasteiger partial charge on any atom is -0.495 e. The van der Waals surface area contributed by atoms with Crippen molar-refractivity contribution < 1.29 is 18.7 Å². The minimum atomic E-state index is -0.564. The standard InChI is InChI=1S/C24H20ClFN2O3/c1-31-22-11-8-17(25)12-20(22)27-23(29)13-21(15-6-9-18(26)10-7-15)28-14-16-4-2-3-5-19(16)24(28)30/h2-12,21H,13-14H2,1H3,(H,27,29)/t21-/m0/s1. The first-order valence-electron chi connectivity index (χ1n) is 9.74. The maximum atomic E-state index is 13.5. The fraction of sp³-hybridized carbons (Fsp3) is 0.167. The van der Waals surface area contributed by atoms with Gasteiger partial charge < -0.3 is 15.0 Å². The van der Waals surface area contributed by atoms with Gasteiger partial charge >= 0.3 is 0 Å². The van der Waals surface area contributed by atoms with Gasteiger partial charge in [-0.25, -0.2) is 4.39 Å². The number of rotatable bonds is 6. The van der Waals surface area contributed by atoms with E-state index < -0.39 is 6.04 Å². The van der Waals surface area contributed by atoms with Crippen LogP contribution in [0, 0.1) is 5.82 Å². The van der Waals surface area contributed by atoms with Crippen LogP contribution in [-0.4, -0.2) is 23.8 Å². The van der Waals surface area contributed by atoms with Gasteiger partial charge in [-0.2, -0.15) is 0 Å². The van der Waals surface area contributed by atoms with Crippen molar-refractivity contribution in [1.82, 2.24) is 4.90 Å². The molecule has 0 fully saturated rings. The van der Waals surface area contributed by atoms with Gasteiger partial charge in [0.25, 0.3) is 5.91 Å². The highest BCUT2D eigenvalue weighted by atomic mass is 35.5. The maximum Gasteiger partial charge on any atom is 0.255 e. The second-order valence-corrected chi connectivity index (χ2v) is 7.69. The van der Waals surface area contributed by atoms with Crippen LogP contribution in [0.3, 0.4) is 0 Å². The summed E-state index contributed by atoms with van der Waals surface area (Å²) in [5.74, 6) is -0.385. The lowest BCUT2D eigenvalue weighted by Gasteiger charge is -2.28. The van der Waals surface area contributed by atoms with E-state index in [0.717, 1.165) is 5.56 Å². The van der Waals surface area contributed by atoms with Gasteiger partial charge in [0, 0.05) is 17.1 Å². The maximum absolute atomic E-state index is 13.5. The Balaban J connectivity index is 1.62. The van der Waals surface area contributed by atoms with Crippen LogP contribution < -0.4 is 10.1 Å². The van der Waals surface area contributed by atoms with Crippen LogP contribution in [0.1, 0.15) is 33.9 Å². The van der Waals surface area contributed by atoms with Crippen LogP contribution in [0.4, 0.5) is 10.1 Å². The second kappa shape index (κ2) is 8.78. The zero-order valence-electron chi connectivity index (χ0n) is 16.8. The SMILES string of the molecule is COc1ccc(Cl)cc1NC(=O)C[C@@H](c1ccc(F)cc1)N1Cc2ccccc2C1=O. The van der Waals surface area contributed by atoms with Gasteiger partial charge in [-0.05, 0) is 47.5 Å². The number of nitrogens with zero attached hydrogens (tertiary/aromatic N) is 1. The summed E-state index contributed by atoms with van der Waals surface area (Å²) in [6.45, 7) is 0.380. The number of amides is 2. The van der Waals surface area contributed by atoms with Crippen molar-refractivity contribution in [3.63, 3.8) is 0 Å². The average molecular weight is 439 g/mol. The number of hydrogen-bond acceptors (Lipinski definition) is 3. The van der Waals surface area contributed by atoms with Crippen molar-refractivity contribution >= 4 is 29.1 Å². The molecule has 1 heterocycles. The summed E-state index contributed by atoms with van der Waals surface area (Å²) in [5.41, 5.74) is 2.63. The van der Waals surface area contributed by atoms with Crippen LogP contribution >= 0.6 is 11.6 Å². The van der Waals surface area contributed by atoms with Crippen LogP contribution in [-0.2, 0) is 11.3 Å². The molecule has 31 heavy (non-hydrogen) atoms. The smallest absolute Gasteiger partial charge is 0.255 e. The molecule has 0 unspecified atom stereocenters. The fourth-order valence-corrected chi connectivity index (χ4v) is 3.95. The Labute approximate surface area is 184 Å². The molecule has 0 radical (unpaired) electrons. The van der Waals surface area contributed by atoms with Crippen molar-refractivity contribution in [2.45, 2.75) is 19.0 Å². The molecule has 0 aromatic heterocycles. The lowest BCUT2D eigenvalue weighted by molar-refractivity contribution is -0.117. The highest BCUT2D eigenvalue weighted by molar-refractivity contribution is 6.31. The number of anilines is 1. The van der Waals surface area contributed by atoms with Crippen LogP contribution in [0.5, 0.6) is 5.75 Å². The van der Waals surface area contributed by atoms with Crippen LogP contribution in [0.2, 0.25) is 5.02 Å². The molecule has 3 aromatic carbocycles. The molecule has 0 bridgehead atoms. The molecular weight excluding hydrogens is 419 g/mol. The quantitative estimate of drug-likeness (QED) is 0.574. The second-order valence-electron chi connectivity index (χ2n) is 7.25. The van der Waals surface area contributed by atoms with Gasteiger partial charge in [0.2, 0.25) is 5.91 Å². The summed E-state index contributed by atoms with van der Waals surface area (Å²) in [4.78, 5) is 27.6. The Morgan fingerprint density at radius 1 is 1.16 bits per heavy atom. The molecule has 4 rings (SSSR count). The van der Waals surface area contributed by atoms with Gasteiger partial charge in [-0.3, -0.25) is 9.59 Å². The molecule has 1 aliphatic heterocycles. The van der Waals surface area contributed by atoms with Crippen LogP contribution in [0.25, 0.3) is 0 Å². The van der Waals surface area contributed by atoms with E-state index in [0.29, 0.717) is 34.1 Å². The Morgan fingerprint density at radius 3 is 2.61 bits per heavy atom.